The second-order valence-corrected chi connectivity index (χ2v) is 4.96. The molecule has 0 aromatic heterocycles. The Kier molecular flexibility index (Phi) is 5.29. The lowest BCUT2D eigenvalue weighted by molar-refractivity contribution is -0.135. The summed E-state index contributed by atoms with van der Waals surface area (Å²) in [4.78, 5) is 0. The van der Waals surface area contributed by atoms with Crippen LogP contribution in [-0.4, -0.2) is 12.4 Å². The van der Waals surface area contributed by atoms with Crippen LogP contribution in [0.15, 0.2) is 22.7 Å². The van der Waals surface area contributed by atoms with E-state index in [4.69, 9.17) is 0 Å². The molecule has 0 saturated heterocycles. The number of hydrogen-bond donors (Lipinski definition) is 0. The highest BCUT2D eigenvalue weighted by Crippen LogP contribution is 2.30. The summed E-state index contributed by atoms with van der Waals surface area (Å²) in [7, 11) is 0. The van der Waals surface area contributed by atoms with Crippen LogP contribution in [0.3, 0.4) is 0 Å². The number of rotatable bonds is 4. The summed E-state index contributed by atoms with van der Waals surface area (Å²) in [5, 5.41) is 0. The molecule has 0 radical (unpaired) electrons. The van der Waals surface area contributed by atoms with Crippen molar-refractivity contribution in [2.45, 2.75) is 38.0 Å². The van der Waals surface area contributed by atoms with Crippen LogP contribution in [0.1, 0.15) is 24.0 Å². The Morgan fingerprint density at radius 1 is 0.842 bits per heavy atom. The van der Waals surface area contributed by atoms with Crippen LogP contribution < -0.4 is 0 Å². The van der Waals surface area contributed by atoms with Crippen molar-refractivity contribution in [1.29, 1.82) is 0 Å². The van der Waals surface area contributed by atoms with Crippen molar-refractivity contribution in [1.82, 2.24) is 0 Å². The minimum Gasteiger partial charge on any atom is -0.171 e. The molecule has 0 aliphatic heterocycles. The SMILES string of the molecule is FC(F)(F)CCc1cccc(Br)c1CCC(F)(F)F. The number of aryl methyl sites for hydroxylation is 1. The molecule has 0 atom stereocenters. The van der Waals surface area contributed by atoms with Crippen molar-refractivity contribution in [3.05, 3.63) is 33.8 Å². The van der Waals surface area contributed by atoms with E-state index in [9.17, 15) is 26.3 Å². The highest BCUT2D eigenvalue weighted by atomic mass is 79.9. The van der Waals surface area contributed by atoms with Gasteiger partial charge in [0.15, 0.2) is 0 Å². The fourth-order valence-electron chi connectivity index (χ4n) is 1.66. The van der Waals surface area contributed by atoms with Gasteiger partial charge in [-0.1, -0.05) is 28.1 Å². The van der Waals surface area contributed by atoms with Crippen molar-refractivity contribution in [2.24, 2.45) is 0 Å². The molecule has 0 unspecified atom stereocenters. The monoisotopic (exact) mass is 348 g/mol. The van der Waals surface area contributed by atoms with E-state index in [2.05, 4.69) is 15.9 Å². The number of alkyl halides is 6. The summed E-state index contributed by atoms with van der Waals surface area (Å²) in [6.45, 7) is 0. The molecule has 0 bridgehead atoms. The molecule has 1 aromatic carbocycles. The molecule has 0 amide bonds. The molecule has 0 nitrogen and oxygen atoms in total. The summed E-state index contributed by atoms with van der Waals surface area (Å²) in [6, 6.07) is 4.48. The van der Waals surface area contributed by atoms with Crippen molar-refractivity contribution >= 4 is 15.9 Å². The first-order valence-electron chi connectivity index (χ1n) is 5.48. The molecule has 0 aliphatic carbocycles. The van der Waals surface area contributed by atoms with Crippen molar-refractivity contribution in [3.63, 3.8) is 0 Å². The Morgan fingerprint density at radius 2 is 1.37 bits per heavy atom. The zero-order valence-electron chi connectivity index (χ0n) is 9.71. The van der Waals surface area contributed by atoms with E-state index in [1.165, 1.54) is 18.2 Å². The van der Waals surface area contributed by atoms with E-state index in [0.29, 0.717) is 15.6 Å². The largest absolute Gasteiger partial charge is 0.389 e. The summed E-state index contributed by atoms with van der Waals surface area (Å²) in [6.07, 6.45) is -11.4. The van der Waals surface area contributed by atoms with Crippen LogP contribution in [0.5, 0.6) is 0 Å². The van der Waals surface area contributed by atoms with Gasteiger partial charge in [0.1, 0.15) is 0 Å². The topological polar surface area (TPSA) is 0 Å². The Balaban J connectivity index is 2.83. The molecule has 0 saturated carbocycles. The minimum atomic E-state index is -4.32. The molecule has 1 rings (SSSR count). The Bertz CT molecular complexity index is 421. The molecule has 7 heteroatoms. The van der Waals surface area contributed by atoms with Gasteiger partial charge in [0.2, 0.25) is 0 Å². The lowest BCUT2D eigenvalue weighted by Crippen LogP contribution is -2.12. The zero-order valence-corrected chi connectivity index (χ0v) is 11.3. The van der Waals surface area contributed by atoms with Crippen LogP contribution in [0.4, 0.5) is 26.3 Å². The predicted octanol–water partition coefficient (Wildman–Crippen LogP) is 5.44. The smallest absolute Gasteiger partial charge is 0.171 e. The Morgan fingerprint density at radius 3 is 1.89 bits per heavy atom. The number of hydrogen-bond acceptors (Lipinski definition) is 0. The van der Waals surface area contributed by atoms with Gasteiger partial charge in [0.25, 0.3) is 0 Å². The fourth-order valence-corrected chi connectivity index (χ4v) is 2.27. The average Bonchev–Trinajstić information content (AvgIpc) is 2.22. The van der Waals surface area contributed by atoms with Crippen molar-refractivity contribution in [2.75, 3.05) is 0 Å². The third-order valence-corrected chi connectivity index (χ3v) is 3.30. The number of halogens is 7. The van der Waals surface area contributed by atoms with Crippen LogP contribution in [0.25, 0.3) is 0 Å². The molecule has 0 spiro atoms. The molecular formula is C12H11BrF6. The molecule has 108 valence electrons. The first-order chi connectivity index (χ1) is 8.58. The average molecular weight is 349 g/mol. The van der Waals surface area contributed by atoms with E-state index in [1.807, 2.05) is 0 Å². The predicted molar refractivity (Wildman–Crippen MR) is 62.9 cm³/mol. The summed E-state index contributed by atoms with van der Waals surface area (Å²) in [5.74, 6) is 0. The van der Waals surface area contributed by atoms with E-state index in [1.54, 1.807) is 0 Å². The van der Waals surface area contributed by atoms with Gasteiger partial charge in [-0.25, -0.2) is 0 Å². The molecule has 1 aromatic rings. The molecule has 0 N–H and O–H groups in total. The van der Waals surface area contributed by atoms with Gasteiger partial charge < -0.3 is 0 Å². The second-order valence-electron chi connectivity index (χ2n) is 4.11. The van der Waals surface area contributed by atoms with Crippen molar-refractivity contribution in [3.8, 4) is 0 Å². The first kappa shape index (κ1) is 16.3. The minimum absolute atomic E-state index is 0.295. The maximum atomic E-state index is 12.2. The van der Waals surface area contributed by atoms with Gasteiger partial charge in [0, 0.05) is 17.3 Å². The quantitative estimate of drug-likeness (QED) is 0.635. The van der Waals surface area contributed by atoms with E-state index < -0.39 is 25.2 Å². The molecule has 0 fully saturated rings. The van der Waals surface area contributed by atoms with Gasteiger partial charge in [-0.3, -0.25) is 0 Å². The maximum absolute atomic E-state index is 12.2. The highest BCUT2D eigenvalue weighted by Gasteiger charge is 2.29. The van der Waals surface area contributed by atoms with E-state index in [0.717, 1.165) is 0 Å². The van der Waals surface area contributed by atoms with Gasteiger partial charge in [-0.2, -0.15) is 26.3 Å². The highest BCUT2D eigenvalue weighted by molar-refractivity contribution is 9.10. The zero-order chi connectivity index (χ0) is 14.7. The van der Waals surface area contributed by atoms with Crippen LogP contribution >= 0.6 is 15.9 Å². The normalized spacial score (nSPS) is 12.8. The molecule has 0 heterocycles. The lowest BCUT2D eigenvalue weighted by Gasteiger charge is -2.14. The Hall–Kier alpha value is -0.720. The summed E-state index contributed by atoms with van der Waals surface area (Å²) in [5.41, 5.74) is 0.597. The van der Waals surface area contributed by atoms with Gasteiger partial charge in [-0.15, -0.1) is 0 Å². The maximum Gasteiger partial charge on any atom is 0.389 e. The molecule has 19 heavy (non-hydrogen) atoms. The van der Waals surface area contributed by atoms with Gasteiger partial charge in [-0.05, 0) is 30.0 Å². The summed E-state index contributed by atoms with van der Waals surface area (Å²) < 4.78 is 73.4. The third-order valence-electron chi connectivity index (χ3n) is 2.55. The van der Waals surface area contributed by atoms with Crippen molar-refractivity contribution < 1.29 is 26.3 Å². The second kappa shape index (κ2) is 6.15. The van der Waals surface area contributed by atoms with Gasteiger partial charge in [0.05, 0.1) is 0 Å². The standard InChI is InChI=1S/C12H11BrF6/c13-10-3-1-2-8(4-6-11(14,15)16)9(10)5-7-12(17,18)19/h1-3H,4-7H2. The first-order valence-corrected chi connectivity index (χ1v) is 6.27. The Labute approximate surface area is 114 Å². The lowest BCUT2D eigenvalue weighted by atomic mass is 9.99. The molecule has 0 aliphatic rings. The fraction of sp³-hybridized carbons (Fsp3) is 0.500. The summed E-state index contributed by atoms with van der Waals surface area (Å²) >= 11 is 3.09. The third kappa shape index (κ3) is 6.31. The van der Waals surface area contributed by atoms with E-state index in [-0.39, 0.29) is 12.8 Å². The van der Waals surface area contributed by atoms with Crippen LogP contribution in [0, 0.1) is 0 Å². The van der Waals surface area contributed by atoms with Crippen LogP contribution in [0.2, 0.25) is 0 Å². The van der Waals surface area contributed by atoms with Gasteiger partial charge >= 0.3 is 12.4 Å². The molecular weight excluding hydrogens is 338 g/mol. The number of benzene rings is 1. The van der Waals surface area contributed by atoms with Crippen LogP contribution in [-0.2, 0) is 12.8 Å². The van der Waals surface area contributed by atoms with E-state index >= 15 is 0 Å².